The van der Waals surface area contributed by atoms with Crippen LogP contribution in [0.4, 0.5) is 0 Å². The fourth-order valence-electron chi connectivity index (χ4n) is 1.05. The van der Waals surface area contributed by atoms with Gasteiger partial charge in [0.2, 0.25) is 0 Å². The number of rotatable bonds is 5. The standard InChI is InChI=1S/C9H21N2/c1-9(8-11(4)5)6-7-10(2)3/h9H,1,6-8H2,2-5H3. The van der Waals surface area contributed by atoms with E-state index in [-0.39, 0.29) is 0 Å². The first kappa shape index (κ1) is 10.9. The van der Waals surface area contributed by atoms with E-state index in [1.807, 2.05) is 0 Å². The van der Waals surface area contributed by atoms with Gasteiger partial charge in [-0.15, -0.1) is 0 Å². The lowest BCUT2D eigenvalue weighted by Crippen LogP contribution is -2.23. The van der Waals surface area contributed by atoms with Crippen LogP contribution in [-0.4, -0.2) is 51.1 Å². The smallest absolute Gasteiger partial charge is 0.000404 e. The van der Waals surface area contributed by atoms with Crippen LogP contribution in [0.2, 0.25) is 0 Å². The molecule has 0 rings (SSSR count). The van der Waals surface area contributed by atoms with Crippen molar-refractivity contribution in [3.05, 3.63) is 6.92 Å². The van der Waals surface area contributed by atoms with E-state index in [2.05, 4.69) is 44.9 Å². The van der Waals surface area contributed by atoms with Crippen molar-refractivity contribution in [3.8, 4) is 0 Å². The molecule has 0 amide bonds. The van der Waals surface area contributed by atoms with Crippen molar-refractivity contribution in [1.82, 2.24) is 9.80 Å². The predicted octanol–water partition coefficient (Wildman–Crippen LogP) is 0.950. The lowest BCUT2D eigenvalue weighted by atomic mass is 10.1. The van der Waals surface area contributed by atoms with Crippen LogP contribution in [0.5, 0.6) is 0 Å². The van der Waals surface area contributed by atoms with Crippen molar-refractivity contribution >= 4 is 0 Å². The average Bonchev–Trinajstić information content (AvgIpc) is 1.82. The molecule has 2 nitrogen and oxygen atoms in total. The first-order chi connectivity index (χ1) is 5.02. The first-order valence-electron chi connectivity index (χ1n) is 4.15. The molecule has 1 atom stereocenters. The van der Waals surface area contributed by atoms with Gasteiger partial charge < -0.3 is 9.80 Å². The van der Waals surface area contributed by atoms with Crippen LogP contribution in [0.25, 0.3) is 0 Å². The van der Waals surface area contributed by atoms with Gasteiger partial charge in [-0.2, -0.15) is 0 Å². The van der Waals surface area contributed by atoms with Gasteiger partial charge in [-0.3, -0.25) is 0 Å². The van der Waals surface area contributed by atoms with Gasteiger partial charge in [0, 0.05) is 6.54 Å². The summed E-state index contributed by atoms with van der Waals surface area (Å²) < 4.78 is 0. The third-order valence-corrected chi connectivity index (χ3v) is 1.61. The van der Waals surface area contributed by atoms with Crippen molar-refractivity contribution in [1.29, 1.82) is 0 Å². The van der Waals surface area contributed by atoms with Gasteiger partial charge in [0.1, 0.15) is 0 Å². The summed E-state index contributed by atoms with van der Waals surface area (Å²) in [4.78, 5) is 4.39. The number of hydrogen-bond acceptors (Lipinski definition) is 2. The van der Waals surface area contributed by atoms with Crippen molar-refractivity contribution in [2.24, 2.45) is 5.92 Å². The molecule has 2 heteroatoms. The van der Waals surface area contributed by atoms with Crippen LogP contribution in [0.15, 0.2) is 0 Å². The van der Waals surface area contributed by atoms with Crippen LogP contribution in [0.3, 0.4) is 0 Å². The Kier molecular flexibility index (Phi) is 5.51. The molecule has 0 aliphatic carbocycles. The largest absolute Gasteiger partial charge is 0.309 e. The minimum atomic E-state index is 0.562. The molecule has 0 aliphatic heterocycles. The normalized spacial score (nSPS) is 14.5. The molecule has 1 radical (unpaired) electrons. The Bertz CT molecular complexity index is 89.6. The molecule has 67 valence electrons. The second-order valence-electron chi connectivity index (χ2n) is 3.72. The van der Waals surface area contributed by atoms with E-state index in [0.717, 1.165) is 13.1 Å². The van der Waals surface area contributed by atoms with Gasteiger partial charge >= 0.3 is 0 Å². The van der Waals surface area contributed by atoms with Crippen molar-refractivity contribution in [2.75, 3.05) is 41.3 Å². The molecular weight excluding hydrogens is 136 g/mol. The molecule has 0 aromatic carbocycles. The molecule has 0 aliphatic rings. The van der Waals surface area contributed by atoms with E-state index in [4.69, 9.17) is 0 Å². The molecule has 0 bridgehead atoms. The summed E-state index contributed by atoms with van der Waals surface area (Å²) in [5.41, 5.74) is 0. The predicted molar refractivity (Wildman–Crippen MR) is 50.6 cm³/mol. The van der Waals surface area contributed by atoms with Crippen LogP contribution in [-0.2, 0) is 0 Å². The lowest BCUT2D eigenvalue weighted by molar-refractivity contribution is 0.311. The van der Waals surface area contributed by atoms with E-state index in [0.29, 0.717) is 5.92 Å². The van der Waals surface area contributed by atoms with Crippen LogP contribution < -0.4 is 0 Å². The molecule has 0 saturated heterocycles. The summed E-state index contributed by atoms with van der Waals surface area (Å²) in [7, 11) is 8.38. The summed E-state index contributed by atoms with van der Waals surface area (Å²) in [5, 5.41) is 0. The minimum absolute atomic E-state index is 0.562. The SMILES string of the molecule is [CH2]C(CCN(C)C)CN(C)C. The highest BCUT2D eigenvalue weighted by Gasteiger charge is 2.03. The highest BCUT2D eigenvalue weighted by molar-refractivity contribution is 4.64. The molecule has 1 unspecified atom stereocenters. The Labute approximate surface area is 71.2 Å². The molecule has 0 N–H and O–H groups in total. The molecular formula is C9H21N2. The third-order valence-electron chi connectivity index (χ3n) is 1.61. The second-order valence-corrected chi connectivity index (χ2v) is 3.72. The van der Waals surface area contributed by atoms with E-state index in [1.54, 1.807) is 0 Å². The van der Waals surface area contributed by atoms with E-state index < -0.39 is 0 Å². The number of hydrogen-bond donors (Lipinski definition) is 0. The van der Waals surface area contributed by atoms with E-state index in [1.165, 1.54) is 6.42 Å². The molecule has 11 heavy (non-hydrogen) atoms. The van der Waals surface area contributed by atoms with Crippen molar-refractivity contribution < 1.29 is 0 Å². The highest BCUT2D eigenvalue weighted by Crippen LogP contribution is 2.02. The first-order valence-corrected chi connectivity index (χ1v) is 4.15. The quantitative estimate of drug-likeness (QED) is 0.586. The van der Waals surface area contributed by atoms with Gasteiger partial charge in [-0.25, -0.2) is 0 Å². The van der Waals surface area contributed by atoms with Gasteiger partial charge in [0.25, 0.3) is 0 Å². The van der Waals surface area contributed by atoms with Crippen LogP contribution in [0.1, 0.15) is 6.42 Å². The topological polar surface area (TPSA) is 6.48 Å². The molecule has 0 spiro atoms. The minimum Gasteiger partial charge on any atom is -0.309 e. The molecule has 0 saturated carbocycles. The Hall–Kier alpha value is -0.0800. The van der Waals surface area contributed by atoms with Crippen molar-refractivity contribution in [3.63, 3.8) is 0 Å². The maximum atomic E-state index is 4.08. The zero-order valence-corrected chi connectivity index (χ0v) is 8.30. The van der Waals surface area contributed by atoms with E-state index in [9.17, 15) is 0 Å². The summed E-state index contributed by atoms with van der Waals surface area (Å²) in [6.07, 6.45) is 1.19. The Morgan fingerprint density at radius 1 is 1.09 bits per heavy atom. The Balaban J connectivity index is 3.29. The maximum Gasteiger partial charge on any atom is 0.000404 e. The Morgan fingerprint density at radius 2 is 1.64 bits per heavy atom. The average molecular weight is 157 g/mol. The molecule has 0 aromatic heterocycles. The van der Waals surface area contributed by atoms with Crippen molar-refractivity contribution in [2.45, 2.75) is 6.42 Å². The molecule has 0 fully saturated rings. The zero-order chi connectivity index (χ0) is 8.85. The molecule has 0 aromatic rings. The fraction of sp³-hybridized carbons (Fsp3) is 0.889. The van der Waals surface area contributed by atoms with Crippen LogP contribution >= 0.6 is 0 Å². The van der Waals surface area contributed by atoms with Gasteiger partial charge in [-0.1, -0.05) is 0 Å². The lowest BCUT2D eigenvalue weighted by Gasteiger charge is -2.18. The van der Waals surface area contributed by atoms with Gasteiger partial charge in [0.15, 0.2) is 0 Å². The highest BCUT2D eigenvalue weighted by atomic mass is 15.1. The Morgan fingerprint density at radius 3 is 2.00 bits per heavy atom. The summed E-state index contributed by atoms with van der Waals surface area (Å²) in [6.45, 7) is 6.31. The van der Waals surface area contributed by atoms with E-state index >= 15 is 0 Å². The van der Waals surface area contributed by atoms with Crippen LogP contribution in [0, 0.1) is 12.8 Å². The molecule has 0 heterocycles. The summed E-state index contributed by atoms with van der Waals surface area (Å²) in [5.74, 6) is 0.562. The van der Waals surface area contributed by atoms with Gasteiger partial charge in [-0.05, 0) is 54.0 Å². The second kappa shape index (κ2) is 5.56. The number of nitrogens with zero attached hydrogens (tertiary/aromatic N) is 2. The van der Waals surface area contributed by atoms with Gasteiger partial charge in [0.05, 0.1) is 0 Å². The maximum absolute atomic E-state index is 4.08. The summed E-state index contributed by atoms with van der Waals surface area (Å²) >= 11 is 0. The monoisotopic (exact) mass is 157 g/mol. The summed E-state index contributed by atoms with van der Waals surface area (Å²) in [6, 6.07) is 0. The fourth-order valence-corrected chi connectivity index (χ4v) is 1.05. The third kappa shape index (κ3) is 7.82. The zero-order valence-electron chi connectivity index (χ0n) is 8.30.